The molecule has 1 aromatic carbocycles. The van der Waals surface area contributed by atoms with Crippen molar-refractivity contribution in [2.24, 2.45) is 0 Å². The molecule has 1 aromatic rings. The molecule has 0 heterocycles. The Hall–Kier alpha value is 0.526. The molecule has 0 radical (unpaired) electrons. The van der Waals surface area contributed by atoms with E-state index in [0.717, 1.165) is 0 Å². The molecule has 0 aliphatic heterocycles. The molecule has 0 amide bonds. The van der Waals surface area contributed by atoms with Crippen LogP contribution >= 0.6 is 0 Å². The van der Waals surface area contributed by atoms with Gasteiger partial charge in [0.05, 0.1) is 0 Å². The van der Waals surface area contributed by atoms with Crippen LogP contribution in [0.15, 0.2) is 12.1 Å². The average Bonchev–Trinajstić information content (AvgIpc) is 2.18. The molecule has 0 spiro atoms. The summed E-state index contributed by atoms with van der Waals surface area (Å²) in [5.74, 6) is -0.142. The molecular weight excluding hydrogens is 259 g/mol. The zero-order valence-corrected chi connectivity index (χ0v) is 13.2. The van der Waals surface area contributed by atoms with E-state index < -0.39 is 0 Å². The largest absolute Gasteiger partial charge is 1.00 e. The van der Waals surface area contributed by atoms with Crippen molar-refractivity contribution in [3.05, 3.63) is 17.7 Å². The minimum absolute atomic E-state index is 0. The predicted octanol–water partition coefficient (Wildman–Crippen LogP) is -1.07. The van der Waals surface area contributed by atoms with Crippen molar-refractivity contribution in [1.82, 2.24) is 0 Å². The van der Waals surface area contributed by atoms with Gasteiger partial charge < -0.3 is 32.3 Å². The van der Waals surface area contributed by atoms with Gasteiger partial charge in [0.15, 0.2) is 5.75 Å². The van der Waals surface area contributed by atoms with Crippen LogP contribution in [0.4, 0.5) is 0 Å². The van der Waals surface area contributed by atoms with Crippen molar-refractivity contribution in [3.63, 3.8) is 0 Å². The standard InChI is InChI=1S/C9H12O5S.K/c1-5(2)6-3-8(11)9(4-7(6)10)12-13-14-15;/h3-5,10-11,15H,1-2H3;/q;+1/p-1. The summed E-state index contributed by atoms with van der Waals surface area (Å²) in [5, 5.41) is 23.1. The van der Waals surface area contributed by atoms with E-state index in [2.05, 4.69) is 27.2 Å². The third-order valence-corrected chi connectivity index (χ3v) is 1.94. The van der Waals surface area contributed by atoms with E-state index in [1.807, 2.05) is 13.8 Å². The molecule has 0 aliphatic rings. The second-order valence-corrected chi connectivity index (χ2v) is 3.39. The van der Waals surface area contributed by atoms with Crippen LogP contribution in [0, 0.1) is 0 Å². The van der Waals surface area contributed by atoms with E-state index in [1.165, 1.54) is 12.1 Å². The Morgan fingerprint density at radius 2 is 1.81 bits per heavy atom. The van der Waals surface area contributed by atoms with E-state index in [0.29, 0.717) is 5.56 Å². The zero-order valence-electron chi connectivity index (χ0n) is 9.26. The molecule has 1 rings (SSSR count). The Balaban J connectivity index is 0.00000225. The third-order valence-electron chi connectivity index (χ3n) is 1.88. The molecule has 0 saturated carbocycles. The van der Waals surface area contributed by atoms with Gasteiger partial charge in [0, 0.05) is 11.6 Å². The van der Waals surface area contributed by atoms with Gasteiger partial charge in [-0.15, -0.1) is 0 Å². The van der Waals surface area contributed by atoms with Gasteiger partial charge in [0.1, 0.15) is 5.75 Å². The number of hydrogen-bond donors (Lipinski definition) is 2. The smallest absolute Gasteiger partial charge is 0.578 e. The Morgan fingerprint density at radius 1 is 1.19 bits per heavy atom. The van der Waals surface area contributed by atoms with Crippen molar-refractivity contribution in [3.8, 4) is 17.2 Å². The molecule has 2 N–H and O–H groups in total. The summed E-state index contributed by atoms with van der Waals surface area (Å²) in [4.78, 5) is 4.47. The number of phenolic OH excluding ortho intramolecular Hbond substituents is 2. The van der Waals surface area contributed by atoms with Crippen molar-refractivity contribution in [2.75, 3.05) is 0 Å². The summed E-state index contributed by atoms with van der Waals surface area (Å²) >= 11 is 4.00. The van der Waals surface area contributed by atoms with E-state index >= 15 is 0 Å². The summed E-state index contributed by atoms with van der Waals surface area (Å²) in [5.41, 5.74) is 0.610. The number of hydrogen-bond acceptors (Lipinski definition) is 6. The van der Waals surface area contributed by atoms with Gasteiger partial charge in [0.25, 0.3) is 0 Å². The van der Waals surface area contributed by atoms with Crippen molar-refractivity contribution >= 4 is 12.9 Å². The van der Waals surface area contributed by atoms with Gasteiger partial charge in [-0.1, -0.05) is 13.8 Å². The van der Waals surface area contributed by atoms with Crippen molar-refractivity contribution < 1.29 is 75.9 Å². The number of aromatic hydroxyl groups is 2. The van der Waals surface area contributed by atoms with E-state index in [1.54, 1.807) is 0 Å². The SMILES string of the molecule is CC(C)c1cc(O)c(OOO[S-])cc1O.[K+]. The molecular formula is C9H11KO5S. The molecule has 0 aromatic heterocycles. The second kappa shape index (κ2) is 7.78. The maximum absolute atomic E-state index is 9.57. The minimum Gasteiger partial charge on any atom is -0.578 e. The first-order valence-corrected chi connectivity index (χ1v) is 4.58. The van der Waals surface area contributed by atoms with Crippen LogP contribution in [0.25, 0.3) is 0 Å². The Kier molecular flexibility index (Phi) is 8.03. The Labute approximate surface area is 142 Å². The quantitative estimate of drug-likeness (QED) is 0.239. The maximum Gasteiger partial charge on any atom is 1.00 e. The van der Waals surface area contributed by atoms with Crippen LogP contribution in [0.5, 0.6) is 17.2 Å². The Morgan fingerprint density at radius 3 is 2.31 bits per heavy atom. The first-order chi connectivity index (χ1) is 7.06. The van der Waals surface area contributed by atoms with Crippen LogP contribution in [-0.4, -0.2) is 10.2 Å². The normalized spacial score (nSPS) is 10.0. The molecule has 16 heavy (non-hydrogen) atoms. The number of benzene rings is 1. The van der Waals surface area contributed by atoms with Gasteiger partial charge in [-0.05, 0) is 17.0 Å². The first kappa shape index (κ1) is 16.5. The fourth-order valence-corrected chi connectivity index (χ4v) is 1.18. The van der Waals surface area contributed by atoms with Crippen molar-refractivity contribution in [2.45, 2.75) is 19.8 Å². The maximum atomic E-state index is 9.57. The number of phenols is 2. The molecule has 0 atom stereocenters. The van der Waals surface area contributed by atoms with Gasteiger partial charge in [-0.3, -0.25) is 0 Å². The van der Waals surface area contributed by atoms with Crippen LogP contribution in [0.1, 0.15) is 25.3 Å². The summed E-state index contributed by atoms with van der Waals surface area (Å²) < 4.78 is 3.79. The Bertz CT molecular complexity index is 345. The van der Waals surface area contributed by atoms with Gasteiger partial charge in [0.2, 0.25) is 5.75 Å². The van der Waals surface area contributed by atoms with E-state index in [9.17, 15) is 10.2 Å². The van der Waals surface area contributed by atoms with Crippen molar-refractivity contribution in [1.29, 1.82) is 0 Å². The second-order valence-electron chi connectivity index (χ2n) is 3.25. The summed E-state index contributed by atoms with van der Waals surface area (Å²) in [6, 6.07) is 2.61. The topological polar surface area (TPSA) is 68.2 Å². The zero-order chi connectivity index (χ0) is 11.4. The summed E-state index contributed by atoms with van der Waals surface area (Å²) in [6.07, 6.45) is 0. The van der Waals surface area contributed by atoms with Crippen LogP contribution in [0.2, 0.25) is 0 Å². The molecule has 0 saturated heterocycles. The monoisotopic (exact) mass is 270 g/mol. The number of rotatable bonds is 4. The molecule has 5 nitrogen and oxygen atoms in total. The molecule has 0 aliphatic carbocycles. The molecule has 0 bridgehead atoms. The van der Waals surface area contributed by atoms with Crippen LogP contribution < -0.4 is 56.3 Å². The van der Waals surface area contributed by atoms with E-state index in [4.69, 9.17) is 0 Å². The average molecular weight is 270 g/mol. The fraction of sp³-hybridized carbons (Fsp3) is 0.333. The van der Waals surface area contributed by atoms with Crippen LogP contribution in [-0.2, 0) is 22.3 Å². The minimum atomic E-state index is -0.163. The molecule has 84 valence electrons. The van der Waals surface area contributed by atoms with Gasteiger partial charge in [-0.2, -0.15) is 0 Å². The van der Waals surface area contributed by atoms with Crippen LogP contribution in [0.3, 0.4) is 0 Å². The molecule has 7 heteroatoms. The molecule has 0 fully saturated rings. The van der Waals surface area contributed by atoms with Gasteiger partial charge >= 0.3 is 51.4 Å². The summed E-state index contributed by atoms with van der Waals surface area (Å²) in [7, 11) is 0. The van der Waals surface area contributed by atoms with E-state index in [-0.39, 0.29) is 74.6 Å². The summed E-state index contributed by atoms with van der Waals surface area (Å²) in [6.45, 7) is 3.77. The third kappa shape index (κ3) is 4.42. The fourth-order valence-electron chi connectivity index (χ4n) is 1.15. The van der Waals surface area contributed by atoms with Gasteiger partial charge in [-0.25, -0.2) is 0 Å². The predicted molar refractivity (Wildman–Crippen MR) is 54.0 cm³/mol. The first-order valence-electron chi connectivity index (χ1n) is 4.25. The molecule has 0 unspecified atom stereocenters.